The molecule has 0 aliphatic carbocycles. The highest BCUT2D eigenvalue weighted by Crippen LogP contribution is 2.30. The van der Waals surface area contributed by atoms with Crippen LogP contribution < -0.4 is 5.32 Å². The molecule has 1 aromatic carbocycles. The normalized spacial score (nSPS) is 19.0. The molecule has 0 spiro atoms. The molecular formula is C14H18ClN3O3. The summed E-state index contributed by atoms with van der Waals surface area (Å²) in [5, 5.41) is 14.5. The quantitative estimate of drug-likeness (QED) is 0.687. The minimum Gasteiger partial charge on any atom is -0.374 e. The molecule has 114 valence electrons. The molecule has 1 N–H and O–H groups in total. The highest BCUT2D eigenvalue weighted by molar-refractivity contribution is 6.30. The van der Waals surface area contributed by atoms with Crippen LogP contribution >= 0.6 is 11.6 Å². The van der Waals surface area contributed by atoms with E-state index in [0.29, 0.717) is 23.7 Å². The van der Waals surface area contributed by atoms with Gasteiger partial charge in [-0.15, -0.1) is 0 Å². The van der Waals surface area contributed by atoms with Gasteiger partial charge in [0.2, 0.25) is 5.91 Å². The molecule has 1 aliphatic heterocycles. The van der Waals surface area contributed by atoms with E-state index in [2.05, 4.69) is 5.32 Å². The molecule has 6 nitrogen and oxygen atoms in total. The third-order valence-corrected chi connectivity index (χ3v) is 3.69. The molecule has 1 aliphatic rings. The van der Waals surface area contributed by atoms with Gasteiger partial charge >= 0.3 is 0 Å². The van der Waals surface area contributed by atoms with Crippen LogP contribution in [0.15, 0.2) is 18.2 Å². The largest absolute Gasteiger partial charge is 0.374 e. The molecule has 2 rings (SSSR count). The second kappa shape index (κ2) is 5.52. The van der Waals surface area contributed by atoms with Gasteiger partial charge < -0.3 is 10.2 Å². The van der Waals surface area contributed by atoms with Gasteiger partial charge in [0.1, 0.15) is 5.69 Å². The van der Waals surface area contributed by atoms with E-state index in [0.717, 1.165) is 0 Å². The van der Waals surface area contributed by atoms with Crippen molar-refractivity contribution < 1.29 is 9.72 Å². The summed E-state index contributed by atoms with van der Waals surface area (Å²) in [6.07, 6.45) is 0.330. The molecule has 1 atom stereocenters. The van der Waals surface area contributed by atoms with Crippen molar-refractivity contribution in [2.45, 2.75) is 38.8 Å². The molecule has 1 saturated heterocycles. The monoisotopic (exact) mass is 311 g/mol. The van der Waals surface area contributed by atoms with Gasteiger partial charge in [-0.25, -0.2) is 0 Å². The Morgan fingerprint density at radius 1 is 1.43 bits per heavy atom. The second-order valence-electron chi connectivity index (χ2n) is 6.14. The fourth-order valence-corrected chi connectivity index (χ4v) is 2.62. The minimum atomic E-state index is -0.480. The van der Waals surface area contributed by atoms with Crippen LogP contribution in [0, 0.1) is 10.1 Å². The minimum absolute atomic E-state index is 0.0524. The highest BCUT2D eigenvalue weighted by Gasteiger charge is 2.36. The van der Waals surface area contributed by atoms with Crippen LogP contribution in [0.25, 0.3) is 0 Å². The van der Waals surface area contributed by atoms with Crippen molar-refractivity contribution >= 4 is 28.9 Å². The van der Waals surface area contributed by atoms with Crippen molar-refractivity contribution in [3.8, 4) is 0 Å². The van der Waals surface area contributed by atoms with Crippen LogP contribution in [0.5, 0.6) is 0 Å². The zero-order valence-corrected chi connectivity index (χ0v) is 13.0. The third-order valence-electron chi connectivity index (χ3n) is 3.45. The number of nitro groups is 1. The summed E-state index contributed by atoms with van der Waals surface area (Å²) >= 11 is 5.79. The van der Waals surface area contributed by atoms with Crippen LogP contribution in [0.2, 0.25) is 5.02 Å². The van der Waals surface area contributed by atoms with Crippen LogP contribution in [-0.4, -0.2) is 33.9 Å². The highest BCUT2D eigenvalue weighted by atomic mass is 35.5. The maximum absolute atomic E-state index is 12.0. The molecule has 1 fully saturated rings. The first-order valence-corrected chi connectivity index (χ1v) is 7.07. The zero-order chi connectivity index (χ0) is 15.8. The smallest absolute Gasteiger partial charge is 0.293 e. The van der Waals surface area contributed by atoms with E-state index in [9.17, 15) is 14.9 Å². The first kappa shape index (κ1) is 15.6. The number of carbonyl (C=O) groups is 1. The van der Waals surface area contributed by atoms with Crippen LogP contribution in [0.3, 0.4) is 0 Å². The first-order chi connectivity index (χ1) is 9.68. The summed E-state index contributed by atoms with van der Waals surface area (Å²) in [6, 6.07) is 4.33. The number of rotatable bonds is 3. The average molecular weight is 312 g/mol. The van der Waals surface area contributed by atoms with E-state index in [1.165, 1.54) is 6.07 Å². The van der Waals surface area contributed by atoms with E-state index < -0.39 is 4.92 Å². The Hall–Kier alpha value is -1.82. The maximum Gasteiger partial charge on any atom is 0.293 e. The Kier molecular flexibility index (Phi) is 4.09. The van der Waals surface area contributed by atoms with Crippen LogP contribution in [0.1, 0.15) is 27.2 Å². The average Bonchev–Trinajstić information content (AvgIpc) is 2.72. The Labute approximate surface area is 128 Å². The summed E-state index contributed by atoms with van der Waals surface area (Å²) in [5.41, 5.74) is 0.0570. The summed E-state index contributed by atoms with van der Waals surface area (Å²) in [6.45, 7) is 6.44. The van der Waals surface area contributed by atoms with Crippen molar-refractivity contribution in [2.24, 2.45) is 0 Å². The number of nitrogens with one attached hydrogen (secondary N) is 1. The molecule has 1 aromatic rings. The van der Waals surface area contributed by atoms with E-state index in [-0.39, 0.29) is 23.2 Å². The fraction of sp³-hybridized carbons (Fsp3) is 0.500. The lowest BCUT2D eigenvalue weighted by molar-refractivity contribution is -0.384. The molecule has 1 amide bonds. The Morgan fingerprint density at radius 2 is 2.10 bits per heavy atom. The molecule has 21 heavy (non-hydrogen) atoms. The molecule has 0 bridgehead atoms. The number of hydrogen-bond donors (Lipinski definition) is 1. The van der Waals surface area contributed by atoms with Crippen molar-refractivity contribution in [3.63, 3.8) is 0 Å². The molecule has 1 unspecified atom stereocenters. The summed E-state index contributed by atoms with van der Waals surface area (Å²) in [4.78, 5) is 24.4. The van der Waals surface area contributed by atoms with Crippen LogP contribution in [-0.2, 0) is 4.79 Å². The van der Waals surface area contributed by atoms with Crippen molar-refractivity contribution in [3.05, 3.63) is 33.3 Å². The number of carbonyl (C=O) groups excluding carboxylic acids is 1. The summed E-state index contributed by atoms with van der Waals surface area (Å²) in [5.74, 6) is 0.0524. The lowest BCUT2D eigenvalue weighted by Crippen LogP contribution is -2.43. The van der Waals surface area contributed by atoms with E-state index >= 15 is 0 Å². The number of anilines is 1. The third kappa shape index (κ3) is 3.44. The van der Waals surface area contributed by atoms with E-state index in [1.807, 2.05) is 20.8 Å². The lowest BCUT2D eigenvalue weighted by Gasteiger charge is -2.32. The number of nitro benzene ring substituents is 1. The number of halogens is 1. The zero-order valence-electron chi connectivity index (χ0n) is 12.2. The molecule has 0 aromatic heterocycles. The van der Waals surface area contributed by atoms with Gasteiger partial charge in [-0.3, -0.25) is 14.9 Å². The van der Waals surface area contributed by atoms with Crippen molar-refractivity contribution in [1.29, 1.82) is 0 Å². The Morgan fingerprint density at radius 3 is 2.62 bits per heavy atom. The topological polar surface area (TPSA) is 75.5 Å². The predicted molar refractivity (Wildman–Crippen MR) is 81.6 cm³/mol. The number of amides is 1. The SMILES string of the molecule is CC(C)(C)N1CC(Nc2ccc(Cl)cc2[N+](=O)[O-])CC1=O. The molecule has 7 heteroatoms. The van der Waals surface area contributed by atoms with Gasteiger partial charge in [0.05, 0.1) is 11.0 Å². The van der Waals surface area contributed by atoms with Crippen molar-refractivity contribution in [1.82, 2.24) is 4.90 Å². The molecular weight excluding hydrogens is 294 g/mol. The van der Waals surface area contributed by atoms with E-state index in [1.54, 1.807) is 17.0 Å². The van der Waals surface area contributed by atoms with Gasteiger partial charge in [0, 0.05) is 29.6 Å². The molecule has 0 radical (unpaired) electrons. The summed E-state index contributed by atoms with van der Waals surface area (Å²) < 4.78 is 0. The predicted octanol–water partition coefficient (Wildman–Crippen LogP) is 3.06. The number of benzene rings is 1. The van der Waals surface area contributed by atoms with Gasteiger partial charge in [-0.1, -0.05) is 11.6 Å². The fourth-order valence-electron chi connectivity index (χ4n) is 2.45. The Balaban J connectivity index is 2.17. The number of hydrogen-bond acceptors (Lipinski definition) is 4. The number of nitrogens with zero attached hydrogens (tertiary/aromatic N) is 2. The Bertz CT molecular complexity index is 583. The first-order valence-electron chi connectivity index (χ1n) is 6.69. The van der Waals surface area contributed by atoms with Gasteiger partial charge in [-0.2, -0.15) is 0 Å². The van der Waals surface area contributed by atoms with Gasteiger partial charge in [0.25, 0.3) is 5.69 Å². The van der Waals surface area contributed by atoms with Gasteiger partial charge in [0.15, 0.2) is 0 Å². The number of likely N-dealkylation sites (tertiary alicyclic amines) is 1. The van der Waals surface area contributed by atoms with Crippen LogP contribution in [0.4, 0.5) is 11.4 Å². The van der Waals surface area contributed by atoms with Crippen molar-refractivity contribution in [2.75, 3.05) is 11.9 Å². The summed E-state index contributed by atoms with van der Waals surface area (Å²) in [7, 11) is 0. The molecule has 1 heterocycles. The second-order valence-corrected chi connectivity index (χ2v) is 6.58. The standard InChI is InChI=1S/C14H18ClN3O3/c1-14(2,3)17-8-10(7-13(17)19)16-11-5-4-9(15)6-12(11)18(20)21/h4-6,10,16H,7-8H2,1-3H3. The lowest BCUT2D eigenvalue weighted by atomic mass is 10.1. The molecule has 0 saturated carbocycles. The van der Waals surface area contributed by atoms with E-state index in [4.69, 9.17) is 11.6 Å². The van der Waals surface area contributed by atoms with Gasteiger partial charge in [-0.05, 0) is 32.9 Å². The maximum atomic E-state index is 12.0.